The first-order valence-corrected chi connectivity index (χ1v) is 6.39. The highest BCUT2D eigenvalue weighted by atomic mass is 16.7. The van der Waals surface area contributed by atoms with Crippen LogP contribution >= 0.6 is 0 Å². The van der Waals surface area contributed by atoms with Crippen molar-refractivity contribution in [3.8, 4) is 23.0 Å². The van der Waals surface area contributed by atoms with E-state index < -0.39 is 0 Å². The molecule has 0 aliphatic carbocycles. The van der Waals surface area contributed by atoms with Crippen LogP contribution in [0.25, 0.3) is 0 Å². The summed E-state index contributed by atoms with van der Waals surface area (Å²) in [7, 11) is 3.31. The SMILES string of the molecule is COc1ccc(Cc2ccc3c(c2)OCO3)c(OC)c1. The second kappa shape index (κ2) is 5.33. The zero-order chi connectivity index (χ0) is 13.9. The number of fused-ring (bicyclic) bond motifs is 1. The van der Waals surface area contributed by atoms with Gasteiger partial charge in [-0.2, -0.15) is 0 Å². The van der Waals surface area contributed by atoms with Gasteiger partial charge in [-0.25, -0.2) is 0 Å². The maximum absolute atomic E-state index is 5.42. The van der Waals surface area contributed by atoms with E-state index in [1.54, 1.807) is 14.2 Å². The fourth-order valence-corrected chi connectivity index (χ4v) is 2.27. The summed E-state index contributed by atoms with van der Waals surface area (Å²) < 4.78 is 21.3. The van der Waals surface area contributed by atoms with Crippen LogP contribution in [0.2, 0.25) is 0 Å². The summed E-state index contributed by atoms with van der Waals surface area (Å²) in [6.45, 7) is 0.296. The Morgan fingerprint density at radius 1 is 0.950 bits per heavy atom. The summed E-state index contributed by atoms with van der Waals surface area (Å²) in [4.78, 5) is 0. The third-order valence-corrected chi connectivity index (χ3v) is 3.33. The van der Waals surface area contributed by atoms with E-state index >= 15 is 0 Å². The van der Waals surface area contributed by atoms with Crippen LogP contribution in [0.4, 0.5) is 0 Å². The van der Waals surface area contributed by atoms with Crippen LogP contribution in [0.5, 0.6) is 23.0 Å². The lowest BCUT2D eigenvalue weighted by molar-refractivity contribution is 0.174. The van der Waals surface area contributed by atoms with Gasteiger partial charge in [-0.05, 0) is 29.3 Å². The maximum atomic E-state index is 5.42. The highest BCUT2D eigenvalue weighted by molar-refractivity contribution is 5.48. The molecule has 0 spiro atoms. The summed E-state index contributed by atoms with van der Waals surface area (Å²) in [5, 5.41) is 0. The highest BCUT2D eigenvalue weighted by Gasteiger charge is 2.14. The van der Waals surface area contributed by atoms with Crippen LogP contribution in [0.3, 0.4) is 0 Å². The topological polar surface area (TPSA) is 36.9 Å². The molecule has 4 nitrogen and oxygen atoms in total. The molecular formula is C16H16O4. The number of ether oxygens (including phenoxy) is 4. The predicted octanol–water partition coefficient (Wildman–Crippen LogP) is 3.02. The molecule has 4 heteroatoms. The van der Waals surface area contributed by atoms with E-state index in [-0.39, 0.29) is 0 Å². The first-order valence-electron chi connectivity index (χ1n) is 6.39. The Hall–Kier alpha value is -2.36. The van der Waals surface area contributed by atoms with Crippen molar-refractivity contribution in [1.29, 1.82) is 0 Å². The molecule has 0 bridgehead atoms. The van der Waals surface area contributed by atoms with Crippen LogP contribution < -0.4 is 18.9 Å². The lowest BCUT2D eigenvalue weighted by Gasteiger charge is -2.10. The Balaban J connectivity index is 1.87. The van der Waals surface area contributed by atoms with E-state index in [0.29, 0.717) is 6.79 Å². The molecule has 0 atom stereocenters. The Labute approximate surface area is 117 Å². The second-order valence-electron chi connectivity index (χ2n) is 4.54. The van der Waals surface area contributed by atoms with Crippen molar-refractivity contribution in [2.45, 2.75) is 6.42 Å². The van der Waals surface area contributed by atoms with Crippen LogP contribution in [0.15, 0.2) is 36.4 Å². The zero-order valence-corrected chi connectivity index (χ0v) is 11.5. The fraction of sp³-hybridized carbons (Fsp3) is 0.250. The largest absolute Gasteiger partial charge is 0.497 e. The van der Waals surface area contributed by atoms with Gasteiger partial charge in [0.15, 0.2) is 11.5 Å². The maximum Gasteiger partial charge on any atom is 0.231 e. The Morgan fingerprint density at radius 2 is 1.80 bits per heavy atom. The minimum atomic E-state index is 0.296. The van der Waals surface area contributed by atoms with Crippen molar-refractivity contribution in [2.24, 2.45) is 0 Å². The van der Waals surface area contributed by atoms with Gasteiger partial charge in [-0.15, -0.1) is 0 Å². The fourth-order valence-electron chi connectivity index (χ4n) is 2.27. The zero-order valence-electron chi connectivity index (χ0n) is 11.5. The summed E-state index contributed by atoms with van der Waals surface area (Å²) in [6.07, 6.45) is 0.768. The van der Waals surface area contributed by atoms with Gasteiger partial charge in [0.25, 0.3) is 0 Å². The van der Waals surface area contributed by atoms with E-state index in [1.165, 1.54) is 0 Å². The normalized spacial score (nSPS) is 12.3. The van der Waals surface area contributed by atoms with Crippen molar-refractivity contribution in [1.82, 2.24) is 0 Å². The van der Waals surface area contributed by atoms with Crippen LogP contribution in [0.1, 0.15) is 11.1 Å². The second-order valence-corrected chi connectivity index (χ2v) is 4.54. The Morgan fingerprint density at radius 3 is 2.60 bits per heavy atom. The van der Waals surface area contributed by atoms with Crippen molar-refractivity contribution in [3.63, 3.8) is 0 Å². The molecule has 20 heavy (non-hydrogen) atoms. The molecule has 0 saturated heterocycles. The molecule has 1 heterocycles. The Bertz CT molecular complexity index is 622. The minimum Gasteiger partial charge on any atom is -0.497 e. The molecule has 1 aliphatic rings. The average molecular weight is 272 g/mol. The van der Waals surface area contributed by atoms with Gasteiger partial charge in [0.05, 0.1) is 14.2 Å². The molecule has 0 N–H and O–H groups in total. The van der Waals surface area contributed by atoms with Gasteiger partial charge in [-0.3, -0.25) is 0 Å². The molecule has 0 radical (unpaired) electrons. The lowest BCUT2D eigenvalue weighted by atomic mass is 10.0. The summed E-state index contributed by atoms with van der Waals surface area (Å²) in [6, 6.07) is 11.8. The standard InChI is InChI=1S/C16H16O4/c1-17-13-5-4-12(15(9-13)18-2)7-11-3-6-14-16(8-11)20-10-19-14/h3-6,8-9H,7,10H2,1-2H3. The molecule has 0 amide bonds. The molecule has 1 aliphatic heterocycles. The van der Waals surface area contributed by atoms with Crippen molar-refractivity contribution in [2.75, 3.05) is 21.0 Å². The average Bonchev–Trinajstić information content (AvgIpc) is 2.95. The molecule has 0 aromatic heterocycles. The van der Waals surface area contributed by atoms with Gasteiger partial charge in [0.1, 0.15) is 11.5 Å². The predicted molar refractivity (Wildman–Crippen MR) is 74.9 cm³/mol. The summed E-state index contributed by atoms with van der Waals surface area (Å²) in [5.74, 6) is 3.21. The molecule has 3 rings (SSSR count). The number of hydrogen-bond acceptors (Lipinski definition) is 4. The molecule has 2 aromatic carbocycles. The first kappa shape index (κ1) is 12.7. The number of hydrogen-bond donors (Lipinski definition) is 0. The molecular weight excluding hydrogens is 256 g/mol. The smallest absolute Gasteiger partial charge is 0.231 e. The van der Waals surface area contributed by atoms with E-state index in [2.05, 4.69) is 0 Å². The van der Waals surface area contributed by atoms with Gasteiger partial charge in [0, 0.05) is 12.5 Å². The third-order valence-electron chi connectivity index (χ3n) is 3.33. The molecule has 104 valence electrons. The van der Waals surface area contributed by atoms with Crippen molar-refractivity contribution < 1.29 is 18.9 Å². The number of benzene rings is 2. The third kappa shape index (κ3) is 2.37. The van der Waals surface area contributed by atoms with Crippen molar-refractivity contribution >= 4 is 0 Å². The summed E-state index contributed by atoms with van der Waals surface area (Å²) >= 11 is 0. The van der Waals surface area contributed by atoms with Crippen LogP contribution in [0, 0.1) is 0 Å². The highest BCUT2D eigenvalue weighted by Crippen LogP contribution is 2.34. The summed E-state index contributed by atoms with van der Waals surface area (Å²) in [5.41, 5.74) is 2.25. The molecule has 0 saturated carbocycles. The monoisotopic (exact) mass is 272 g/mol. The van der Waals surface area contributed by atoms with Crippen molar-refractivity contribution in [3.05, 3.63) is 47.5 Å². The van der Waals surface area contributed by atoms with E-state index in [4.69, 9.17) is 18.9 Å². The van der Waals surface area contributed by atoms with Gasteiger partial charge >= 0.3 is 0 Å². The van der Waals surface area contributed by atoms with Gasteiger partial charge < -0.3 is 18.9 Å². The van der Waals surface area contributed by atoms with E-state index in [1.807, 2.05) is 36.4 Å². The van der Waals surface area contributed by atoms with E-state index in [0.717, 1.165) is 40.5 Å². The lowest BCUT2D eigenvalue weighted by Crippen LogP contribution is -1.95. The quantitative estimate of drug-likeness (QED) is 0.857. The van der Waals surface area contributed by atoms with Crippen LogP contribution in [-0.4, -0.2) is 21.0 Å². The minimum absolute atomic E-state index is 0.296. The Kier molecular flexibility index (Phi) is 3.37. The molecule has 0 fully saturated rings. The number of methoxy groups -OCH3 is 2. The molecule has 0 unspecified atom stereocenters. The van der Waals surface area contributed by atoms with E-state index in [9.17, 15) is 0 Å². The van der Waals surface area contributed by atoms with Gasteiger partial charge in [0.2, 0.25) is 6.79 Å². The van der Waals surface area contributed by atoms with Gasteiger partial charge in [-0.1, -0.05) is 12.1 Å². The molecule has 2 aromatic rings. The number of rotatable bonds is 4. The first-order chi connectivity index (χ1) is 9.80. The van der Waals surface area contributed by atoms with Crippen LogP contribution in [-0.2, 0) is 6.42 Å².